The fourth-order valence-corrected chi connectivity index (χ4v) is 2.72. The Kier molecular flexibility index (Phi) is 6.68. The molecule has 0 aliphatic rings. The van der Waals surface area contributed by atoms with Gasteiger partial charge in [0.15, 0.2) is 12.4 Å². The average Bonchev–Trinajstić information content (AvgIpc) is 3.26. The summed E-state index contributed by atoms with van der Waals surface area (Å²) >= 11 is 0. The zero-order chi connectivity index (χ0) is 20.6. The van der Waals surface area contributed by atoms with Gasteiger partial charge in [0.05, 0.1) is 6.26 Å². The number of hydrogen-bond donors (Lipinski definition) is 2. The first-order valence-electron chi connectivity index (χ1n) is 9.44. The van der Waals surface area contributed by atoms with E-state index >= 15 is 0 Å². The van der Waals surface area contributed by atoms with Gasteiger partial charge in [-0.3, -0.25) is 9.59 Å². The number of hydrogen-bond acceptors (Lipinski definition) is 4. The molecule has 0 aliphatic carbocycles. The summed E-state index contributed by atoms with van der Waals surface area (Å²) in [5.74, 6) is 0.766. The van der Waals surface area contributed by atoms with E-state index in [1.165, 1.54) is 6.26 Å². The number of carbonyl (C=O) groups excluding carboxylic acids is 2. The maximum absolute atomic E-state index is 12.1. The molecular formula is C23H24N2O4. The van der Waals surface area contributed by atoms with Crippen LogP contribution in [0.4, 0.5) is 5.69 Å². The van der Waals surface area contributed by atoms with Gasteiger partial charge in [-0.05, 0) is 53.4 Å². The van der Waals surface area contributed by atoms with Crippen molar-refractivity contribution in [3.8, 4) is 5.75 Å². The second-order valence-corrected chi connectivity index (χ2v) is 6.92. The molecule has 2 N–H and O–H groups in total. The van der Waals surface area contributed by atoms with Crippen molar-refractivity contribution in [3.05, 3.63) is 83.8 Å². The van der Waals surface area contributed by atoms with E-state index in [-0.39, 0.29) is 24.2 Å². The minimum atomic E-state index is -0.326. The van der Waals surface area contributed by atoms with Crippen LogP contribution in [0, 0.1) is 0 Å². The highest BCUT2D eigenvalue weighted by Gasteiger charge is 2.09. The number of anilines is 1. The summed E-state index contributed by atoms with van der Waals surface area (Å²) in [6.45, 7) is 4.49. The highest BCUT2D eigenvalue weighted by atomic mass is 16.5. The van der Waals surface area contributed by atoms with Crippen molar-refractivity contribution < 1.29 is 18.7 Å². The number of nitrogens with one attached hydrogen (secondary N) is 2. The molecule has 0 radical (unpaired) electrons. The molecule has 2 amide bonds. The standard InChI is InChI=1S/C23H24N2O4/c1-16(2)18-7-4-9-20(13-18)29-15-22(26)24-14-17-6-3-8-19(12-17)25-23(27)21-10-5-11-28-21/h3-13,16H,14-15H2,1-2H3,(H,24,26)(H,25,27). The van der Waals surface area contributed by atoms with Crippen molar-refractivity contribution in [1.29, 1.82) is 0 Å². The Balaban J connectivity index is 1.49. The third-order valence-electron chi connectivity index (χ3n) is 4.31. The van der Waals surface area contributed by atoms with Crippen molar-refractivity contribution in [2.24, 2.45) is 0 Å². The fourth-order valence-electron chi connectivity index (χ4n) is 2.72. The maximum Gasteiger partial charge on any atom is 0.291 e. The highest BCUT2D eigenvalue weighted by molar-refractivity contribution is 6.02. The van der Waals surface area contributed by atoms with Crippen molar-refractivity contribution >= 4 is 17.5 Å². The molecule has 150 valence electrons. The van der Waals surface area contributed by atoms with E-state index in [1.807, 2.05) is 36.4 Å². The third kappa shape index (κ3) is 5.97. The lowest BCUT2D eigenvalue weighted by molar-refractivity contribution is -0.123. The monoisotopic (exact) mass is 392 g/mol. The van der Waals surface area contributed by atoms with Crippen molar-refractivity contribution in [3.63, 3.8) is 0 Å². The molecule has 0 spiro atoms. The van der Waals surface area contributed by atoms with Crippen molar-refractivity contribution in [1.82, 2.24) is 5.32 Å². The van der Waals surface area contributed by atoms with Gasteiger partial charge in [-0.25, -0.2) is 0 Å². The van der Waals surface area contributed by atoms with E-state index in [0.29, 0.717) is 23.9 Å². The molecule has 1 aromatic heterocycles. The summed E-state index contributed by atoms with van der Waals surface area (Å²) in [5, 5.41) is 5.58. The number of rotatable bonds is 8. The molecule has 1 heterocycles. The lowest BCUT2D eigenvalue weighted by atomic mass is 10.0. The van der Waals surface area contributed by atoms with Crippen LogP contribution in [0.2, 0.25) is 0 Å². The molecule has 6 heteroatoms. The summed E-state index contributed by atoms with van der Waals surface area (Å²) in [6.07, 6.45) is 1.45. The number of carbonyl (C=O) groups is 2. The van der Waals surface area contributed by atoms with Crippen LogP contribution in [0.5, 0.6) is 5.75 Å². The van der Waals surface area contributed by atoms with E-state index in [0.717, 1.165) is 11.1 Å². The zero-order valence-electron chi connectivity index (χ0n) is 16.5. The minimum absolute atomic E-state index is 0.0591. The summed E-state index contributed by atoms with van der Waals surface area (Å²) < 4.78 is 10.7. The van der Waals surface area contributed by atoms with Crippen LogP contribution in [-0.4, -0.2) is 18.4 Å². The zero-order valence-corrected chi connectivity index (χ0v) is 16.5. The summed E-state index contributed by atoms with van der Waals surface area (Å²) in [6, 6.07) is 18.3. The topological polar surface area (TPSA) is 80.6 Å². The fraction of sp³-hybridized carbons (Fsp3) is 0.217. The van der Waals surface area contributed by atoms with E-state index < -0.39 is 0 Å². The Morgan fingerprint density at radius 3 is 2.62 bits per heavy atom. The normalized spacial score (nSPS) is 10.6. The molecule has 0 atom stereocenters. The maximum atomic E-state index is 12.1. The largest absolute Gasteiger partial charge is 0.484 e. The van der Waals surface area contributed by atoms with Gasteiger partial charge in [-0.2, -0.15) is 0 Å². The van der Waals surface area contributed by atoms with Gasteiger partial charge in [0.1, 0.15) is 5.75 Å². The highest BCUT2D eigenvalue weighted by Crippen LogP contribution is 2.20. The second-order valence-electron chi connectivity index (χ2n) is 6.92. The van der Waals surface area contributed by atoms with Gasteiger partial charge in [0.2, 0.25) is 0 Å². The third-order valence-corrected chi connectivity index (χ3v) is 4.31. The second kappa shape index (κ2) is 9.59. The summed E-state index contributed by atoms with van der Waals surface area (Å²) in [4.78, 5) is 24.2. The SMILES string of the molecule is CC(C)c1cccc(OCC(=O)NCc2cccc(NC(=O)c3ccco3)c2)c1. The summed E-state index contributed by atoms with van der Waals surface area (Å²) in [5.41, 5.74) is 2.65. The first-order valence-corrected chi connectivity index (χ1v) is 9.44. The lowest BCUT2D eigenvalue weighted by Gasteiger charge is -2.11. The molecule has 29 heavy (non-hydrogen) atoms. The van der Waals surface area contributed by atoms with Gasteiger partial charge in [-0.15, -0.1) is 0 Å². The number of amides is 2. The molecule has 0 saturated carbocycles. The van der Waals surface area contributed by atoms with Crippen LogP contribution in [0.3, 0.4) is 0 Å². The Labute approximate surface area is 169 Å². The van der Waals surface area contributed by atoms with Crippen LogP contribution in [-0.2, 0) is 11.3 Å². The smallest absolute Gasteiger partial charge is 0.291 e. The first-order chi connectivity index (χ1) is 14.0. The molecule has 6 nitrogen and oxygen atoms in total. The van der Waals surface area contributed by atoms with Gasteiger partial charge >= 0.3 is 0 Å². The molecule has 0 bridgehead atoms. The van der Waals surface area contributed by atoms with Crippen molar-refractivity contribution in [2.45, 2.75) is 26.3 Å². The van der Waals surface area contributed by atoms with E-state index in [4.69, 9.17) is 9.15 Å². The number of ether oxygens (including phenoxy) is 1. The van der Waals surface area contributed by atoms with E-state index in [1.54, 1.807) is 24.3 Å². The molecule has 0 aliphatic heterocycles. The van der Waals surface area contributed by atoms with Crippen LogP contribution >= 0.6 is 0 Å². The predicted molar refractivity (Wildman–Crippen MR) is 111 cm³/mol. The van der Waals surface area contributed by atoms with Crippen LogP contribution < -0.4 is 15.4 Å². The van der Waals surface area contributed by atoms with E-state index in [9.17, 15) is 9.59 Å². The molecule has 0 saturated heterocycles. The minimum Gasteiger partial charge on any atom is -0.484 e. The Morgan fingerprint density at radius 2 is 1.86 bits per heavy atom. The number of furan rings is 1. The van der Waals surface area contributed by atoms with Gasteiger partial charge in [-0.1, -0.05) is 38.1 Å². The summed E-state index contributed by atoms with van der Waals surface area (Å²) in [7, 11) is 0. The quantitative estimate of drug-likeness (QED) is 0.597. The van der Waals surface area contributed by atoms with Gasteiger partial charge < -0.3 is 19.8 Å². The van der Waals surface area contributed by atoms with Crippen LogP contribution in [0.15, 0.2) is 71.3 Å². The van der Waals surface area contributed by atoms with E-state index in [2.05, 4.69) is 24.5 Å². The Hall–Kier alpha value is -3.54. The van der Waals surface area contributed by atoms with Crippen LogP contribution in [0.1, 0.15) is 41.4 Å². The first kappa shape index (κ1) is 20.2. The molecule has 3 aromatic rings. The van der Waals surface area contributed by atoms with Crippen molar-refractivity contribution in [2.75, 3.05) is 11.9 Å². The van der Waals surface area contributed by atoms with Gasteiger partial charge in [0.25, 0.3) is 11.8 Å². The molecule has 0 fully saturated rings. The Morgan fingerprint density at radius 1 is 1.03 bits per heavy atom. The molecule has 0 unspecified atom stereocenters. The molecular weight excluding hydrogens is 368 g/mol. The molecule has 3 rings (SSSR count). The lowest BCUT2D eigenvalue weighted by Crippen LogP contribution is -2.28. The van der Waals surface area contributed by atoms with Crippen LogP contribution in [0.25, 0.3) is 0 Å². The predicted octanol–water partition coefficient (Wildman–Crippen LogP) is 4.35. The Bertz CT molecular complexity index is 965. The average molecular weight is 392 g/mol. The molecule has 2 aromatic carbocycles. The number of benzene rings is 2. The van der Waals surface area contributed by atoms with Gasteiger partial charge in [0, 0.05) is 12.2 Å².